The van der Waals surface area contributed by atoms with E-state index in [2.05, 4.69) is 34.1 Å². The van der Waals surface area contributed by atoms with E-state index in [1.54, 1.807) is 0 Å². The number of piperazine rings is 1. The molecule has 0 spiro atoms. The molecule has 0 aromatic heterocycles. The molecule has 2 heterocycles. The van der Waals surface area contributed by atoms with Crippen LogP contribution in [0.5, 0.6) is 0 Å². The van der Waals surface area contributed by atoms with Crippen molar-refractivity contribution < 1.29 is 4.79 Å². The largest absolute Gasteiger partial charge is 0.368 e. The first-order valence-electron chi connectivity index (χ1n) is 7.05. The summed E-state index contributed by atoms with van der Waals surface area (Å²) in [5, 5.41) is 0.239. The maximum atomic E-state index is 12.3. The number of nitrogens with zero attached hydrogens (tertiary/aromatic N) is 2. The number of carbonyl (C=O) groups excluding carboxylic acids is 1. The Morgan fingerprint density at radius 1 is 1.11 bits per heavy atom. The monoisotopic (exact) mass is 276 g/mol. The third-order valence-electron chi connectivity index (χ3n) is 3.92. The Morgan fingerprint density at radius 2 is 1.84 bits per heavy atom. The number of hydrogen-bond donors (Lipinski definition) is 0. The lowest BCUT2D eigenvalue weighted by atomic mass is 10.2. The lowest BCUT2D eigenvalue weighted by molar-refractivity contribution is -0.130. The molecule has 1 aromatic rings. The third-order valence-corrected chi connectivity index (χ3v) is 5.28. The molecule has 0 N–H and O–H groups in total. The van der Waals surface area contributed by atoms with Gasteiger partial charge in [-0.25, -0.2) is 0 Å². The van der Waals surface area contributed by atoms with Crippen LogP contribution in [0.25, 0.3) is 0 Å². The molecule has 1 atom stereocenters. The van der Waals surface area contributed by atoms with Crippen molar-refractivity contribution in [3.8, 4) is 0 Å². The second-order valence-electron chi connectivity index (χ2n) is 5.15. The Labute approximate surface area is 119 Å². The van der Waals surface area contributed by atoms with E-state index >= 15 is 0 Å². The Kier molecular flexibility index (Phi) is 3.97. The molecule has 3 rings (SSSR count). The van der Waals surface area contributed by atoms with Crippen LogP contribution in [0.2, 0.25) is 0 Å². The molecule has 2 saturated heterocycles. The number of benzene rings is 1. The van der Waals surface area contributed by atoms with E-state index in [1.165, 1.54) is 12.1 Å². The maximum Gasteiger partial charge on any atom is 0.235 e. The number of rotatable bonds is 2. The Bertz CT molecular complexity index is 423. The molecule has 2 aliphatic rings. The number of para-hydroxylation sites is 1. The highest BCUT2D eigenvalue weighted by molar-refractivity contribution is 8.00. The van der Waals surface area contributed by atoms with Crippen LogP contribution >= 0.6 is 11.8 Å². The quantitative estimate of drug-likeness (QED) is 0.827. The zero-order valence-electron chi connectivity index (χ0n) is 11.1. The fraction of sp³-hybridized carbons (Fsp3) is 0.533. The summed E-state index contributed by atoms with van der Waals surface area (Å²) < 4.78 is 0. The molecule has 0 radical (unpaired) electrons. The average Bonchev–Trinajstić information content (AvgIpc) is 3.02. The number of thioether (sulfide) groups is 1. The molecule has 102 valence electrons. The molecule has 0 bridgehead atoms. The van der Waals surface area contributed by atoms with Gasteiger partial charge in [0, 0.05) is 31.9 Å². The lowest BCUT2D eigenvalue weighted by Gasteiger charge is -2.37. The SMILES string of the molecule is O=C(C1CCCS1)N1CCN(c2ccccc2)CC1. The third kappa shape index (κ3) is 2.89. The lowest BCUT2D eigenvalue weighted by Crippen LogP contribution is -2.50. The van der Waals surface area contributed by atoms with Crippen LogP contribution in [-0.4, -0.2) is 48.0 Å². The summed E-state index contributed by atoms with van der Waals surface area (Å²) in [6, 6.07) is 10.5. The first-order chi connectivity index (χ1) is 9.34. The summed E-state index contributed by atoms with van der Waals surface area (Å²) in [4.78, 5) is 16.8. The molecule has 1 amide bonds. The molecule has 3 nitrogen and oxygen atoms in total. The van der Waals surface area contributed by atoms with Crippen LogP contribution < -0.4 is 4.90 Å². The van der Waals surface area contributed by atoms with Crippen LogP contribution in [0, 0.1) is 0 Å². The van der Waals surface area contributed by atoms with Crippen molar-refractivity contribution in [3.63, 3.8) is 0 Å². The van der Waals surface area contributed by atoms with Crippen molar-refractivity contribution in [1.29, 1.82) is 0 Å². The van der Waals surface area contributed by atoms with Crippen LogP contribution in [-0.2, 0) is 4.79 Å². The molecule has 4 heteroatoms. The molecule has 1 aromatic carbocycles. The van der Waals surface area contributed by atoms with Gasteiger partial charge in [-0.3, -0.25) is 4.79 Å². The summed E-state index contributed by atoms with van der Waals surface area (Å²) in [7, 11) is 0. The average molecular weight is 276 g/mol. The standard InChI is InChI=1S/C15H20N2OS/c18-15(14-7-4-12-19-14)17-10-8-16(9-11-17)13-5-2-1-3-6-13/h1-3,5-6,14H,4,7-12H2. The first-order valence-corrected chi connectivity index (χ1v) is 8.10. The highest BCUT2D eigenvalue weighted by Gasteiger charge is 2.29. The second kappa shape index (κ2) is 5.87. The number of carbonyl (C=O) groups is 1. The smallest absolute Gasteiger partial charge is 0.235 e. The summed E-state index contributed by atoms with van der Waals surface area (Å²) in [5.74, 6) is 1.52. The van der Waals surface area contributed by atoms with Crippen LogP contribution in [0.1, 0.15) is 12.8 Å². The topological polar surface area (TPSA) is 23.6 Å². The Hall–Kier alpha value is -1.16. The van der Waals surface area contributed by atoms with Gasteiger partial charge in [-0.2, -0.15) is 0 Å². The molecule has 19 heavy (non-hydrogen) atoms. The van der Waals surface area contributed by atoms with Crippen molar-refractivity contribution in [2.45, 2.75) is 18.1 Å². The van der Waals surface area contributed by atoms with E-state index in [0.717, 1.165) is 38.4 Å². The zero-order chi connectivity index (χ0) is 13.1. The summed E-state index contributed by atoms with van der Waals surface area (Å²) in [6.07, 6.45) is 2.27. The predicted octanol–water partition coefficient (Wildman–Crippen LogP) is 2.23. The van der Waals surface area contributed by atoms with Crippen molar-refractivity contribution in [1.82, 2.24) is 4.90 Å². The first kappa shape index (κ1) is 12.9. The van der Waals surface area contributed by atoms with Gasteiger partial charge in [-0.15, -0.1) is 11.8 Å². The van der Waals surface area contributed by atoms with E-state index in [-0.39, 0.29) is 5.25 Å². The van der Waals surface area contributed by atoms with Crippen LogP contribution in [0.15, 0.2) is 30.3 Å². The van der Waals surface area contributed by atoms with Crippen molar-refractivity contribution in [2.24, 2.45) is 0 Å². The number of anilines is 1. The number of amides is 1. The summed E-state index contributed by atoms with van der Waals surface area (Å²) in [6.45, 7) is 3.63. The van der Waals surface area contributed by atoms with Gasteiger partial charge in [0.25, 0.3) is 0 Å². The predicted molar refractivity (Wildman–Crippen MR) is 80.7 cm³/mol. The van der Waals surface area contributed by atoms with Crippen molar-refractivity contribution in [2.75, 3.05) is 36.8 Å². The minimum absolute atomic E-state index is 0.239. The van der Waals surface area contributed by atoms with Gasteiger partial charge in [0.2, 0.25) is 5.91 Å². The van der Waals surface area contributed by atoms with Crippen LogP contribution in [0.3, 0.4) is 0 Å². The minimum Gasteiger partial charge on any atom is -0.368 e. The molecule has 0 aliphatic carbocycles. The van der Waals surface area contributed by atoms with Crippen molar-refractivity contribution >= 4 is 23.4 Å². The van der Waals surface area contributed by atoms with Gasteiger partial charge in [0.1, 0.15) is 0 Å². The van der Waals surface area contributed by atoms with E-state index in [9.17, 15) is 4.79 Å². The fourth-order valence-corrected chi connectivity index (χ4v) is 4.04. The molecule has 1 unspecified atom stereocenters. The van der Waals surface area contributed by atoms with Gasteiger partial charge < -0.3 is 9.80 Å². The fourth-order valence-electron chi connectivity index (χ4n) is 2.80. The van der Waals surface area contributed by atoms with Gasteiger partial charge in [0.15, 0.2) is 0 Å². The molecule has 0 saturated carbocycles. The number of hydrogen-bond acceptors (Lipinski definition) is 3. The Morgan fingerprint density at radius 3 is 2.47 bits per heavy atom. The highest BCUT2D eigenvalue weighted by Crippen LogP contribution is 2.28. The van der Waals surface area contributed by atoms with Crippen LogP contribution in [0.4, 0.5) is 5.69 Å². The van der Waals surface area contributed by atoms with E-state index in [0.29, 0.717) is 5.91 Å². The molecule has 2 aliphatic heterocycles. The van der Waals surface area contributed by atoms with Gasteiger partial charge in [0.05, 0.1) is 5.25 Å². The van der Waals surface area contributed by atoms with Gasteiger partial charge in [-0.1, -0.05) is 18.2 Å². The molecular formula is C15H20N2OS. The van der Waals surface area contributed by atoms with E-state index < -0.39 is 0 Å². The maximum absolute atomic E-state index is 12.3. The van der Waals surface area contributed by atoms with Gasteiger partial charge >= 0.3 is 0 Å². The van der Waals surface area contributed by atoms with Crippen molar-refractivity contribution in [3.05, 3.63) is 30.3 Å². The summed E-state index contributed by atoms with van der Waals surface area (Å²) >= 11 is 1.84. The second-order valence-corrected chi connectivity index (χ2v) is 6.46. The van der Waals surface area contributed by atoms with Gasteiger partial charge in [-0.05, 0) is 30.7 Å². The minimum atomic E-state index is 0.239. The summed E-state index contributed by atoms with van der Waals surface area (Å²) in [5.41, 5.74) is 1.27. The Balaban J connectivity index is 1.56. The zero-order valence-corrected chi connectivity index (χ0v) is 11.9. The molecular weight excluding hydrogens is 256 g/mol. The molecule has 2 fully saturated rings. The van der Waals surface area contributed by atoms with E-state index in [4.69, 9.17) is 0 Å². The van der Waals surface area contributed by atoms with E-state index in [1.807, 2.05) is 17.8 Å². The highest BCUT2D eigenvalue weighted by atomic mass is 32.2. The normalized spacial score (nSPS) is 23.7.